The number of nitrogen functional groups attached to an aromatic ring is 1. The van der Waals surface area contributed by atoms with Crippen LogP contribution in [-0.4, -0.2) is 11.0 Å². The number of carbonyl (C=O) groups is 1. The summed E-state index contributed by atoms with van der Waals surface area (Å²) in [5.74, 6) is -0.409. The van der Waals surface area contributed by atoms with Crippen molar-refractivity contribution in [1.29, 1.82) is 0 Å². The zero-order valence-electron chi connectivity index (χ0n) is 10.3. The Balaban J connectivity index is 2.31. The van der Waals surface area contributed by atoms with E-state index in [1.54, 1.807) is 18.2 Å². The van der Waals surface area contributed by atoms with E-state index in [1.165, 1.54) is 18.2 Å². The van der Waals surface area contributed by atoms with Crippen molar-refractivity contribution in [2.75, 3.05) is 11.1 Å². The lowest BCUT2D eigenvalue weighted by atomic mass is 10.1. The van der Waals surface area contributed by atoms with Crippen molar-refractivity contribution in [3.05, 3.63) is 52.5 Å². The molecule has 0 saturated heterocycles. The van der Waals surface area contributed by atoms with Crippen molar-refractivity contribution >= 4 is 28.9 Å². The smallest absolute Gasteiger partial charge is 0.257 e. The Labute approximate surface area is 115 Å². The highest BCUT2D eigenvalue weighted by Gasteiger charge is 2.13. The van der Waals surface area contributed by atoms with Crippen LogP contribution < -0.4 is 11.1 Å². The number of aromatic hydroxyl groups is 1. The van der Waals surface area contributed by atoms with E-state index in [4.69, 9.17) is 17.3 Å². The number of rotatable bonds is 2. The second kappa shape index (κ2) is 5.20. The van der Waals surface area contributed by atoms with Crippen molar-refractivity contribution < 1.29 is 9.90 Å². The fraction of sp³-hybridized carbons (Fsp3) is 0.0714. The van der Waals surface area contributed by atoms with Gasteiger partial charge in [-0.15, -0.1) is 0 Å². The maximum absolute atomic E-state index is 12.1. The molecule has 0 bridgehead atoms. The first-order valence-corrected chi connectivity index (χ1v) is 6.02. The van der Waals surface area contributed by atoms with Gasteiger partial charge in [-0.1, -0.05) is 17.7 Å². The molecule has 0 heterocycles. The normalized spacial score (nSPS) is 10.2. The lowest BCUT2D eigenvalue weighted by molar-refractivity contribution is 0.102. The number of benzene rings is 2. The number of phenolic OH excluding ortho intramolecular Hbond substituents is 1. The third-order valence-corrected chi connectivity index (χ3v) is 3.15. The van der Waals surface area contributed by atoms with Crippen LogP contribution >= 0.6 is 11.6 Å². The molecule has 4 nitrogen and oxygen atoms in total. The number of phenols is 1. The molecule has 5 heteroatoms. The van der Waals surface area contributed by atoms with Gasteiger partial charge >= 0.3 is 0 Å². The average molecular weight is 277 g/mol. The highest BCUT2D eigenvalue weighted by Crippen LogP contribution is 2.24. The van der Waals surface area contributed by atoms with Gasteiger partial charge in [0.05, 0.1) is 10.6 Å². The largest absolute Gasteiger partial charge is 0.508 e. The molecule has 1 amide bonds. The first-order valence-electron chi connectivity index (χ1n) is 5.64. The number of hydrogen-bond donors (Lipinski definition) is 3. The minimum absolute atomic E-state index is 0.0150. The van der Waals surface area contributed by atoms with Crippen LogP contribution in [0.4, 0.5) is 11.4 Å². The molecule has 2 aromatic carbocycles. The number of hydrogen-bond acceptors (Lipinski definition) is 3. The van der Waals surface area contributed by atoms with E-state index in [0.717, 1.165) is 5.56 Å². The summed E-state index contributed by atoms with van der Waals surface area (Å²) in [7, 11) is 0. The van der Waals surface area contributed by atoms with Crippen LogP contribution in [0.5, 0.6) is 5.75 Å². The van der Waals surface area contributed by atoms with Crippen LogP contribution in [0.15, 0.2) is 36.4 Å². The molecule has 19 heavy (non-hydrogen) atoms. The van der Waals surface area contributed by atoms with Crippen LogP contribution in [0, 0.1) is 6.92 Å². The predicted molar refractivity (Wildman–Crippen MR) is 76.7 cm³/mol. The first kappa shape index (κ1) is 13.2. The van der Waals surface area contributed by atoms with Crippen LogP contribution in [0.2, 0.25) is 5.02 Å². The van der Waals surface area contributed by atoms with E-state index in [0.29, 0.717) is 11.4 Å². The van der Waals surface area contributed by atoms with E-state index in [1.807, 2.05) is 6.92 Å². The quantitative estimate of drug-likeness (QED) is 0.737. The summed E-state index contributed by atoms with van der Waals surface area (Å²) in [5, 5.41) is 12.4. The Kier molecular flexibility index (Phi) is 3.62. The van der Waals surface area contributed by atoms with Gasteiger partial charge in [0.25, 0.3) is 5.91 Å². The molecule has 0 aliphatic rings. The average Bonchev–Trinajstić information content (AvgIpc) is 2.38. The number of anilines is 2. The van der Waals surface area contributed by atoms with Gasteiger partial charge in [0, 0.05) is 11.4 Å². The molecular formula is C14H13ClN2O2. The third-order valence-electron chi connectivity index (χ3n) is 2.82. The molecule has 0 fully saturated rings. The van der Waals surface area contributed by atoms with Crippen LogP contribution in [0.25, 0.3) is 0 Å². The Hall–Kier alpha value is -2.20. The fourth-order valence-electron chi connectivity index (χ4n) is 1.67. The van der Waals surface area contributed by atoms with E-state index < -0.39 is 5.91 Å². The number of amides is 1. The lowest BCUT2D eigenvalue weighted by Gasteiger charge is -2.11. The predicted octanol–water partition coefficient (Wildman–Crippen LogP) is 3.19. The molecule has 0 aliphatic heterocycles. The topological polar surface area (TPSA) is 75.3 Å². The summed E-state index contributed by atoms with van der Waals surface area (Å²) in [6.45, 7) is 1.81. The zero-order chi connectivity index (χ0) is 14.0. The van der Waals surface area contributed by atoms with Crippen LogP contribution in [0.3, 0.4) is 0 Å². The number of halogens is 1. The van der Waals surface area contributed by atoms with Gasteiger partial charge in [-0.25, -0.2) is 0 Å². The second-order valence-corrected chi connectivity index (χ2v) is 4.55. The minimum Gasteiger partial charge on any atom is -0.508 e. The van der Waals surface area contributed by atoms with E-state index in [2.05, 4.69) is 5.32 Å². The standard InChI is InChI=1S/C14H13ClN2O2/c1-8-12(16)3-2-4-13(8)17-14(19)10-7-9(18)5-6-11(10)15/h2-7,18H,16H2,1H3,(H,17,19). The number of carbonyl (C=O) groups excluding carboxylic acids is 1. The molecule has 0 radical (unpaired) electrons. The highest BCUT2D eigenvalue weighted by atomic mass is 35.5. The zero-order valence-corrected chi connectivity index (χ0v) is 11.0. The van der Waals surface area contributed by atoms with E-state index in [9.17, 15) is 9.90 Å². The van der Waals surface area contributed by atoms with Gasteiger partial charge in [0.2, 0.25) is 0 Å². The molecule has 2 aromatic rings. The summed E-state index contributed by atoms with van der Waals surface area (Å²) in [6.07, 6.45) is 0. The van der Waals surface area contributed by atoms with Crippen LogP contribution in [0.1, 0.15) is 15.9 Å². The third kappa shape index (κ3) is 2.80. The monoisotopic (exact) mass is 276 g/mol. The summed E-state index contributed by atoms with van der Waals surface area (Å²) in [5.41, 5.74) is 7.98. The lowest BCUT2D eigenvalue weighted by Crippen LogP contribution is -2.13. The van der Waals surface area contributed by atoms with Gasteiger partial charge in [-0.05, 0) is 42.8 Å². The van der Waals surface area contributed by atoms with Crippen molar-refractivity contribution in [1.82, 2.24) is 0 Å². The van der Waals surface area contributed by atoms with Gasteiger partial charge < -0.3 is 16.2 Å². The molecule has 98 valence electrons. The molecule has 0 aliphatic carbocycles. The highest BCUT2D eigenvalue weighted by molar-refractivity contribution is 6.34. The summed E-state index contributed by atoms with van der Waals surface area (Å²) >= 11 is 5.93. The van der Waals surface area contributed by atoms with Crippen molar-refractivity contribution in [3.8, 4) is 5.75 Å². The SMILES string of the molecule is Cc1c(N)cccc1NC(=O)c1cc(O)ccc1Cl. The Morgan fingerprint density at radius 1 is 1.32 bits per heavy atom. The summed E-state index contributed by atoms with van der Waals surface area (Å²) < 4.78 is 0. The van der Waals surface area contributed by atoms with Crippen molar-refractivity contribution in [3.63, 3.8) is 0 Å². The Morgan fingerprint density at radius 3 is 2.79 bits per heavy atom. The molecule has 0 spiro atoms. The molecule has 4 N–H and O–H groups in total. The Morgan fingerprint density at radius 2 is 2.05 bits per heavy atom. The molecule has 2 rings (SSSR count). The molecule has 0 unspecified atom stereocenters. The molecule has 0 atom stereocenters. The maximum Gasteiger partial charge on any atom is 0.257 e. The second-order valence-electron chi connectivity index (χ2n) is 4.14. The van der Waals surface area contributed by atoms with Crippen LogP contribution in [-0.2, 0) is 0 Å². The van der Waals surface area contributed by atoms with Gasteiger partial charge in [-0.2, -0.15) is 0 Å². The Bertz CT molecular complexity index is 641. The summed E-state index contributed by atoms with van der Waals surface area (Å²) in [4.78, 5) is 12.1. The van der Waals surface area contributed by atoms with E-state index in [-0.39, 0.29) is 16.3 Å². The fourth-order valence-corrected chi connectivity index (χ4v) is 1.87. The molecular weight excluding hydrogens is 264 g/mol. The number of nitrogens with two attached hydrogens (primary N) is 1. The van der Waals surface area contributed by atoms with Crippen molar-refractivity contribution in [2.45, 2.75) is 6.92 Å². The van der Waals surface area contributed by atoms with E-state index >= 15 is 0 Å². The summed E-state index contributed by atoms with van der Waals surface area (Å²) in [6, 6.07) is 9.47. The molecule has 0 saturated carbocycles. The number of nitrogens with one attached hydrogen (secondary N) is 1. The van der Waals surface area contributed by atoms with Gasteiger partial charge in [-0.3, -0.25) is 4.79 Å². The maximum atomic E-state index is 12.1. The minimum atomic E-state index is -0.394. The van der Waals surface area contributed by atoms with Gasteiger partial charge in [0.1, 0.15) is 5.75 Å². The van der Waals surface area contributed by atoms with Gasteiger partial charge in [0.15, 0.2) is 0 Å². The van der Waals surface area contributed by atoms with Crippen molar-refractivity contribution in [2.24, 2.45) is 0 Å². The molecule has 0 aromatic heterocycles. The first-order chi connectivity index (χ1) is 8.99.